The van der Waals surface area contributed by atoms with Crippen molar-refractivity contribution in [1.29, 1.82) is 0 Å². The number of nitro groups is 1. The fraction of sp³-hybridized carbons (Fsp3) is 0.214. The predicted molar refractivity (Wildman–Crippen MR) is 76.4 cm³/mol. The monoisotopic (exact) mass is 290 g/mol. The van der Waals surface area contributed by atoms with Crippen LogP contribution in [0.15, 0.2) is 22.7 Å². The van der Waals surface area contributed by atoms with Crippen LogP contribution in [-0.2, 0) is 0 Å². The van der Waals surface area contributed by atoms with E-state index < -0.39 is 4.92 Å². The van der Waals surface area contributed by atoms with Crippen molar-refractivity contribution in [3.63, 3.8) is 0 Å². The van der Waals surface area contributed by atoms with Crippen LogP contribution in [0.25, 0.3) is 12.2 Å². The summed E-state index contributed by atoms with van der Waals surface area (Å²) in [5.74, 6) is 1.35. The molecule has 0 aliphatic carbocycles. The Balaban J connectivity index is 2.39. The summed E-state index contributed by atoms with van der Waals surface area (Å²) in [6.45, 7) is 1.52. The van der Waals surface area contributed by atoms with Crippen LogP contribution in [0, 0.1) is 17.0 Å². The lowest BCUT2D eigenvalue weighted by Gasteiger charge is -2.06. The van der Waals surface area contributed by atoms with Gasteiger partial charge < -0.3 is 14.0 Å². The first kappa shape index (κ1) is 14.6. The second kappa shape index (κ2) is 6.08. The Morgan fingerprint density at radius 3 is 2.67 bits per heavy atom. The van der Waals surface area contributed by atoms with Crippen molar-refractivity contribution in [3.05, 3.63) is 45.3 Å². The second-order valence-corrected chi connectivity index (χ2v) is 4.18. The van der Waals surface area contributed by atoms with Crippen molar-refractivity contribution in [3.8, 4) is 11.5 Å². The van der Waals surface area contributed by atoms with Crippen molar-refractivity contribution in [2.45, 2.75) is 6.92 Å². The Morgan fingerprint density at radius 1 is 1.29 bits per heavy atom. The molecule has 0 aliphatic heterocycles. The minimum absolute atomic E-state index is 0.0855. The van der Waals surface area contributed by atoms with Crippen molar-refractivity contribution in [1.82, 2.24) is 5.16 Å². The number of benzene rings is 1. The van der Waals surface area contributed by atoms with E-state index in [1.165, 1.54) is 13.0 Å². The first-order valence-electron chi connectivity index (χ1n) is 6.07. The molecule has 7 nitrogen and oxygen atoms in total. The molecule has 0 aliphatic rings. The van der Waals surface area contributed by atoms with Gasteiger partial charge in [0.25, 0.3) is 0 Å². The molecule has 0 spiro atoms. The summed E-state index contributed by atoms with van der Waals surface area (Å²) in [5, 5.41) is 14.6. The quantitative estimate of drug-likeness (QED) is 0.621. The molecule has 1 aromatic heterocycles. The number of rotatable bonds is 5. The van der Waals surface area contributed by atoms with E-state index in [1.54, 1.807) is 38.5 Å². The first-order chi connectivity index (χ1) is 10.1. The topological polar surface area (TPSA) is 87.6 Å². The number of aromatic nitrogens is 1. The average Bonchev–Trinajstić information content (AvgIpc) is 2.85. The molecule has 2 aromatic rings. The summed E-state index contributed by atoms with van der Waals surface area (Å²) in [4.78, 5) is 10.4. The maximum absolute atomic E-state index is 11.0. The molecule has 0 fully saturated rings. The summed E-state index contributed by atoms with van der Waals surface area (Å²) in [7, 11) is 3.10. The normalized spacial score (nSPS) is 10.8. The van der Waals surface area contributed by atoms with E-state index >= 15 is 0 Å². The third kappa shape index (κ3) is 3.02. The van der Waals surface area contributed by atoms with Crippen LogP contribution in [0.4, 0.5) is 5.69 Å². The summed E-state index contributed by atoms with van der Waals surface area (Å²) in [5.41, 5.74) is 0.797. The van der Waals surface area contributed by atoms with E-state index in [4.69, 9.17) is 14.0 Å². The van der Waals surface area contributed by atoms with E-state index in [2.05, 4.69) is 5.16 Å². The minimum atomic E-state index is -0.520. The first-order valence-corrected chi connectivity index (χ1v) is 6.07. The molecule has 7 heteroatoms. The maximum Gasteiger partial charge on any atom is 0.338 e. The van der Waals surface area contributed by atoms with Crippen LogP contribution < -0.4 is 9.47 Å². The predicted octanol–water partition coefficient (Wildman–Crippen LogP) is 3.08. The van der Waals surface area contributed by atoms with Crippen LogP contribution in [-0.4, -0.2) is 24.3 Å². The molecule has 1 heterocycles. The average molecular weight is 290 g/mol. The molecule has 0 radical (unpaired) electrons. The molecular formula is C14H14N2O5. The van der Waals surface area contributed by atoms with Crippen LogP contribution in [0.2, 0.25) is 0 Å². The van der Waals surface area contributed by atoms with Gasteiger partial charge in [0.1, 0.15) is 11.5 Å². The van der Waals surface area contributed by atoms with E-state index in [0.29, 0.717) is 17.1 Å². The van der Waals surface area contributed by atoms with Gasteiger partial charge in [-0.3, -0.25) is 10.1 Å². The van der Waals surface area contributed by atoms with Crippen molar-refractivity contribution in [2.75, 3.05) is 14.2 Å². The Hall–Kier alpha value is -2.83. The van der Waals surface area contributed by atoms with Crippen molar-refractivity contribution in [2.24, 2.45) is 0 Å². The molecule has 0 N–H and O–H groups in total. The molecule has 0 bridgehead atoms. The number of aryl methyl sites for hydroxylation is 1. The Kier molecular flexibility index (Phi) is 4.22. The Bertz CT molecular complexity index is 691. The zero-order valence-electron chi connectivity index (χ0n) is 11.8. The largest absolute Gasteiger partial charge is 0.497 e. The fourth-order valence-corrected chi connectivity index (χ4v) is 1.85. The molecular weight excluding hydrogens is 276 g/mol. The van der Waals surface area contributed by atoms with Gasteiger partial charge in [-0.1, -0.05) is 5.16 Å². The standard InChI is InChI=1S/C14H14N2O5/c1-9-14(16(17)18)13(21-15-9)6-4-10-8-11(19-2)5-7-12(10)20-3/h4-8H,1-3H3/b6-4-. The molecule has 0 atom stereocenters. The summed E-state index contributed by atoms with van der Waals surface area (Å²) in [6.07, 6.45) is 3.13. The van der Waals surface area contributed by atoms with Gasteiger partial charge in [-0.05, 0) is 37.3 Å². The van der Waals surface area contributed by atoms with E-state index in [0.717, 1.165) is 0 Å². The number of nitrogens with zero attached hydrogens (tertiary/aromatic N) is 2. The van der Waals surface area contributed by atoms with Crippen LogP contribution >= 0.6 is 0 Å². The summed E-state index contributed by atoms with van der Waals surface area (Å²) >= 11 is 0. The Labute approximate surface area is 120 Å². The van der Waals surface area contributed by atoms with Gasteiger partial charge >= 0.3 is 5.69 Å². The molecule has 0 amide bonds. The zero-order chi connectivity index (χ0) is 15.4. The lowest BCUT2D eigenvalue weighted by Crippen LogP contribution is -1.91. The van der Waals surface area contributed by atoms with Gasteiger partial charge in [0.15, 0.2) is 5.69 Å². The highest BCUT2D eigenvalue weighted by Gasteiger charge is 2.22. The molecule has 2 rings (SSSR count). The molecule has 0 saturated heterocycles. The smallest absolute Gasteiger partial charge is 0.338 e. The highest BCUT2D eigenvalue weighted by molar-refractivity contribution is 5.74. The zero-order valence-corrected chi connectivity index (χ0v) is 11.8. The lowest BCUT2D eigenvalue weighted by molar-refractivity contribution is -0.386. The fourth-order valence-electron chi connectivity index (χ4n) is 1.85. The van der Waals surface area contributed by atoms with E-state index in [9.17, 15) is 10.1 Å². The molecule has 21 heavy (non-hydrogen) atoms. The SMILES string of the molecule is COc1ccc(OC)c(/C=C\c2onc(C)c2[N+](=O)[O-])c1. The van der Waals surface area contributed by atoms with Crippen LogP contribution in [0.3, 0.4) is 0 Å². The van der Waals surface area contributed by atoms with Gasteiger partial charge in [-0.15, -0.1) is 0 Å². The van der Waals surface area contributed by atoms with Crippen LogP contribution in [0.1, 0.15) is 17.0 Å². The summed E-state index contributed by atoms with van der Waals surface area (Å²) in [6, 6.07) is 5.26. The minimum Gasteiger partial charge on any atom is -0.497 e. The van der Waals surface area contributed by atoms with Gasteiger partial charge in [-0.25, -0.2) is 0 Å². The third-order valence-corrected chi connectivity index (χ3v) is 2.89. The second-order valence-electron chi connectivity index (χ2n) is 4.18. The van der Waals surface area contributed by atoms with Crippen molar-refractivity contribution < 1.29 is 18.9 Å². The van der Waals surface area contributed by atoms with Crippen molar-refractivity contribution >= 4 is 17.8 Å². The number of hydrogen-bond acceptors (Lipinski definition) is 6. The van der Waals surface area contributed by atoms with Gasteiger partial charge in [0.2, 0.25) is 5.76 Å². The third-order valence-electron chi connectivity index (χ3n) is 2.89. The van der Waals surface area contributed by atoms with E-state index in [1.807, 2.05) is 0 Å². The highest BCUT2D eigenvalue weighted by Crippen LogP contribution is 2.28. The summed E-state index contributed by atoms with van der Waals surface area (Å²) < 4.78 is 15.3. The van der Waals surface area contributed by atoms with Gasteiger partial charge in [0.05, 0.1) is 19.1 Å². The molecule has 110 valence electrons. The number of ether oxygens (including phenoxy) is 2. The number of methoxy groups -OCH3 is 2. The molecule has 0 saturated carbocycles. The van der Waals surface area contributed by atoms with Crippen LogP contribution in [0.5, 0.6) is 11.5 Å². The van der Waals surface area contributed by atoms with Gasteiger partial charge in [-0.2, -0.15) is 0 Å². The number of hydrogen-bond donors (Lipinski definition) is 0. The Morgan fingerprint density at radius 2 is 2.05 bits per heavy atom. The molecule has 0 unspecified atom stereocenters. The lowest BCUT2D eigenvalue weighted by atomic mass is 10.1. The van der Waals surface area contributed by atoms with E-state index in [-0.39, 0.29) is 17.1 Å². The highest BCUT2D eigenvalue weighted by atomic mass is 16.6. The molecule has 1 aromatic carbocycles. The maximum atomic E-state index is 11.0. The van der Waals surface area contributed by atoms with Gasteiger partial charge in [0, 0.05) is 5.56 Å².